The molecule has 1 aromatic carbocycles. The summed E-state index contributed by atoms with van der Waals surface area (Å²) in [6.07, 6.45) is 0.525. The third-order valence-electron chi connectivity index (χ3n) is 5.14. The van der Waals surface area contributed by atoms with E-state index >= 15 is 0 Å². The molecule has 0 saturated heterocycles. The lowest BCUT2D eigenvalue weighted by Gasteiger charge is -2.27. The molecule has 1 rings (SSSR count). The molecule has 1 aromatic rings. The van der Waals surface area contributed by atoms with Gasteiger partial charge >= 0.3 is 0 Å². The molecule has 7 N–H and O–H groups in total. The topological polar surface area (TPSA) is 163 Å². The Bertz CT molecular complexity index is 774. The van der Waals surface area contributed by atoms with E-state index in [0.29, 0.717) is 25.8 Å². The molecule has 184 valence electrons. The second-order valence-corrected chi connectivity index (χ2v) is 8.02. The van der Waals surface area contributed by atoms with E-state index in [1.807, 2.05) is 30.3 Å². The van der Waals surface area contributed by atoms with Gasteiger partial charge < -0.3 is 32.1 Å². The number of aliphatic hydroxyl groups is 1. The van der Waals surface area contributed by atoms with Gasteiger partial charge in [0.05, 0.1) is 18.6 Å². The van der Waals surface area contributed by atoms with Gasteiger partial charge in [-0.1, -0.05) is 30.3 Å². The van der Waals surface area contributed by atoms with Crippen LogP contribution in [0.2, 0.25) is 0 Å². The largest absolute Gasteiger partial charge is 0.390 e. The summed E-state index contributed by atoms with van der Waals surface area (Å²) in [4.78, 5) is 48.5. The summed E-state index contributed by atoms with van der Waals surface area (Å²) in [5.41, 5.74) is 6.38. The van der Waals surface area contributed by atoms with Gasteiger partial charge in [0.2, 0.25) is 23.6 Å². The van der Waals surface area contributed by atoms with Gasteiger partial charge in [-0.3, -0.25) is 19.2 Å². The molecule has 0 heterocycles. The van der Waals surface area contributed by atoms with Crippen molar-refractivity contribution in [2.75, 3.05) is 13.6 Å². The van der Waals surface area contributed by atoms with Crippen molar-refractivity contribution in [2.45, 2.75) is 70.2 Å². The third-order valence-corrected chi connectivity index (χ3v) is 5.14. The van der Waals surface area contributed by atoms with E-state index in [-0.39, 0.29) is 24.7 Å². The lowest BCUT2D eigenvalue weighted by molar-refractivity contribution is -0.131. The highest BCUT2D eigenvalue weighted by Crippen LogP contribution is 2.11. The highest BCUT2D eigenvalue weighted by Gasteiger charge is 2.28. The van der Waals surface area contributed by atoms with E-state index in [1.54, 1.807) is 0 Å². The van der Waals surface area contributed by atoms with Crippen LogP contribution >= 0.6 is 0 Å². The van der Waals surface area contributed by atoms with Crippen LogP contribution < -0.4 is 27.0 Å². The van der Waals surface area contributed by atoms with Gasteiger partial charge in [0.25, 0.3) is 0 Å². The quantitative estimate of drug-likeness (QED) is 0.201. The number of benzene rings is 1. The Morgan fingerprint density at radius 1 is 1.00 bits per heavy atom. The van der Waals surface area contributed by atoms with Crippen molar-refractivity contribution in [3.05, 3.63) is 35.9 Å². The molecule has 0 unspecified atom stereocenters. The van der Waals surface area contributed by atoms with E-state index in [2.05, 4.69) is 21.3 Å². The third kappa shape index (κ3) is 10.9. The minimum absolute atomic E-state index is 0.279. The monoisotopic (exact) mass is 463 g/mol. The molecule has 0 saturated carbocycles. The molecule has 0 spiro atoms. The molecular formula is C23H37N5O5. The summed E-state index contributed by atoms with van der Waals surface area (Å²) >= 11 is 0. The molecule has 0 fully saturated rings. The van der Waals surface area contributed by atoms with Crippen molar-refractivity contribution in [3.8, 4) is 0 Å². The molecule has 0 aliphatic rings. The van der Waals surface area contributed by atoms with Gasteiger partial charge in [0, 0.05) is 14.0 Å². The molecule has 0 aliphatic heterocycles. The summed E-state index contributed by atoms with van der Waals surface area (Å²) in [6.45, 7) is 3.34. The Morgan fingerprint density at radius 3 is 2.24 bits per heavy atom. The van der Waals surface area contributed by atoms with Crippen molar-refractivity contribution < 1.29 is 24.3 Å². The van der Waals surface area contributed by atoms with Crippen LogP contribution in [0.1, 0.15) is 45.1 Å². The predicted octanol–water partition coefficient (Wildman–Crippen LogP) is -0.651. The first-order valence-electron chi connectivity index (χ1n) is 11.2. The first-order chi connectivity index (χ1) is 15.7. The van der Waals surface area contributed by atoms with Gasteiger partial charge in [-0.15, -0.1) is 0 Å². The van der Waals surface area contributed by atoms with Crippen molar-refractivity contribution in [1.82, 2.24) is 21.3 Å². The smallest absolute Gasteiger partial charge is 0.242 e. The molecule has 0 aliphatic carbocycles. The average molecular weight is 464 g/mol. The van der Waals surface area contributed by atoms with Gasteiger partial charge in [0.1, 0.15) is 12.1 Å². The Labute approximate surface area is 195 Å². The van der Waals surface area contributed by atoms with Crippen LogP contribution in [0, 0.1) is 0 Å². The minimum Gasteiger partial charge on any atom is -0.390 e. The number of likely N-dealkylation sites (N-methyl/N-ethyl adjacent to an activating group) is 1. The zero-order valence-electron chi connectivity index (χ0n) is 19.6. The SMILES string of the molecule is CNC(=O)[C@H](C)NC(=O)C[C@H](O)[C@H](Cc1ccccc1)NC(=O)[C@H](CCCCN)NC(C)=O. The van der Waals surface area contributed by atoms with Crippen LogP contribution in [0.3, 0.4) is 0 Å². The van der Waals surface area contributed by atoms with Crippen molar-refractivity contribution in [2.24, 2.45) is 5.73 Å². The Morgan fingerprint density at radius 2 is 1.67 bits per heavy atom. The Balaban J connectivity index is 2.93. The molecule has 0 radical (unpaired) electrons. The molecule has 10 heteroatoms. The number of unbranched alkanes of at least 4 members (excludes halogenated alkanes) is 1. The van der Waals surface area contributed by atoms with Gasteiger partial charge in [-0.2, -0.15) is 0 Å². The summed E-state index contributed by atoms with van der Waals surface area (Å²) < 4.78 is 0. The van der Waals surface area contributed by atoms with E-state index in [1.165, 1.54) is 20.9 Å². The number of carbonyl (C=O) groups excluding carboxylic acids is 4. The van der Waals surface area contributed by atoms with E-state index in [0.717, 1.165) is 5.56 Å². The second kappa shape index (κ2) is 15.0. The number of aliphatic hydroxyl groups excluding tert-OH is 1. The molecular weight excluding hydrogens is 426 g/mol. The Hall–Kier alpha value is -2.98. The van der Waals surface area contributed by atoms with Crippen LogP contribution in [0.4, 0.5) is 0 Å². The number of hydrogen-bond acceptors (Lipinski definition) is 6. The Kier molecular flexibility index (Phi) is 12.7. The first kappa shape index (κ1) is 28.1. The number of rotatable bonds is 14. The lowest BCUT2D eigenvalue weighted by atomic mass is 9.98. The zero-order chi connectivity index (χ0) is 24.8. The fourth-order valence-corrected chi connectivity index (χ4v) is 3.36. The van der Waals surface area contributed by atoms with Gasteiger partial charge in [-0.05, 0) is 44.7 Å². The van der Waals surface area contributed by atoms with Crippen LogP contribution in [-0.2, 0) is 25.6 Å². The molecule has 33 heavy (non-hydrogen) atoms. The highest BCUT2D eigenvalue weighted by atomic mass is 16.3. The summed E-state index contributed by atoms with van der Waals surface area (Å²) in [6, 6.07) is 6.91. The summed E-state index contributed by atoms with van der Waals surface area (Å²) in [5, 5.41) is 21.2. The number of amides is 4. The van der Waals surface area contributed by atoms with Crippen LogP contribution in [-0.4, -0.2) is 66.6 Å². The fraction of sp³-hybridized carbons (Fsp3) is 0.565. The fourth-order valence-electron chi connectivity index (χ4n) is 3.36. The minimum atomic E-state index is -1.21. The maximum atomic E-state index is 12.9. The normalized spacial score (nSPS) is 14.3. The zero-order valence-corrected chi connectivity index (χ0v) is 19.6. The number of carbonyl (C=O) groups is 4. The number of nitrogens with two attached hydrogens (primary N) is 1. The summed E-state index contributed by atoms with van der Waals surface area (Å²) in [7, 11) is 1.46. The van der Waals surface area contributed by atoms with Gasteiger partial charge in [-0.25, -0.2) is 0 Å². The highest BCUT2D eigenvalue weighted by molar-refractivity contribution is 5.88. The van der Waals surface area contributed by atoms with Crippen molar-refractivity contribution in [1.29, 1.82) is 0 Å². The second-order valence-electron chi connectivity index (χ2n) is 8.02. The lowest BCUT2D eigenvalue weighted by Crippen LogP contribution is -2.54. The maximum Gasteiger partial charge on any atom is 0.242 e. The standard InChI is InChI=1S/C23H37N5O5/c1-15(22(32)25-3)26-21(31)14-20(30)19(13-17-9-5-4-6-10-17)28-23(33)18(27-16(2)29)11-7-8-12-24/h4-6,9-10,15,18-20,30H,7-8,11-14,24H2,1-3H3,(H,25,32)(H,26,31)(H,27,29)(H,28,33)/t15-,18-,19-,20-/m0/s1. The van der Waals surface area contributed by atoms with Crippen molar-refractivity contribution >= 4 is 23.6 Å². The maximum absolute atomic E-state index is 12.9. The number of nitrogens with one attached hydrogen (secondary N) is 4. The number of hydrogen-bond donors (Lipinski definition) is 6. The molecule has 0 aromatic heterocycles. The molecule has 10 nitrogen and oxygen atoms in total. The van der Waals surface area contributed by atoms with Crippen LogP contribution in [0.25, 0.3) is 0 Å². The average Bonchev–Trinajstić information content (AvgIpc) is 2.77. The van der Waals surface area contributed by atoms with E-state index in [9.17, 15) is 24.3 Å². The predicted molar refractivity (Wildman–Crippen MR) is 125 cm³/mol. The molecule has 4 amide bonds. The summed E-state index contributed by atoms with van der Waals surface area (Å²) in [5.74, 6) is -1.66. The van der Waals surface area contributed by atoms with E-state index < -0.39 is 36.0 Å². The van der Waals surface area contributed by atoms with Crippen LogP contribution in [0.15, 0.2) is 30.3 Å². The molecule has 0 bridgehead atoms. The van der Waals surface area contributed by atoms with Crippen molar-refractivity contribution in [3.63, 3.8) is 0 Å². The van der Waals surface area contributed by atoms with Crippen LogP contribution in [0.5, 0.6) is 0 Å². The molecule has 4 atom stereocenters. The van der Waals surface area contributed by atoms with Gasteiger partial charge in [0.15, 0.2) is 0 Å². The first-order valence-corrected chi connectivity index (χ1v) is 11.2. The van der Waals surface area contributed by atoms with E-state index in [4.69, 9.17) is 5.73 Å².